The number of ether oxygens (including phenoxy) is 1. The van der Waals surface area contributed by atoms with E-state index in [9.17, 15) is 9.59 Å². The highest BCUT2D eigenvalue weighted by Gasteiger charge is 2.22. The fourth-order valence-electron chi connectivity index (χ4n) is 1.46. The number of nitrogens with one attached hydrogen (secondary N) is 1. The van der Waals surface area contributed by atoms with Crippen LogP contribution in [0.1, 0.15) is 26.8 Å². The molecular weight excluding hydrogens is 256 g/mol. The molecule has 6 nitrogen and oxygen atoms in total. The number of carbonyl (C=O) groups excluding carboxylic acids is 1. The molecule has 2 N–H and O–H groups in total. The molecule has 0 aliphatic heterocycles. The summed E-state index contributed by atoms with van der Waals surface area (Å²) in [5.74, 6) is -1.54. The summed E-state index contributed by atoms with van der Waals surface area (Å²) in [5.41, 5.74) is 0.293. The van der Waals surface area contributed by atoms with Gasteiger partial charge in [0.15, 0.2) is 0 Å². The minimum Gasteiger partial charge on any atom is -0.480 e. The van der Waals surface area contributed by atoms with Gasteiger partial charge in [-0.2, -0.15) is 0 Å². The van der Waals surface area contributed by atoms with Crippen molar-refractivity contribution in [2.75, 3.05) is 13.7 Å². The number of aryl methyl sites for hydroxylation is 2. The molecule has 1 rings (SSSR count). The third-order valence-corrected chi connectivity index (χ3v) is 3.22. The fourth-order valence-corrected chi connectivity index (χ4v) is 2.27. The maximum absolute atomic E-state index is 11.9. The van der Waals surface area contributed by atoms with Crippen molar-refractivity contribution in [3.05, 3.63) is 15.6 Å². The van der Waals surface area contributed by atoms with Gasteiger partial charge >= 0.3 is 5.97 Å². The Labute approximate surface area is 109 Å². The van der Waals surface area contributed by atoms with Crippen LogP contribution in [0.5, 0.6) is 0 Å². The van der Waals surface area contributed by atoms with Gasteiger partial charge in [0, 0.05) is 25.0 Å². The van der Waals surface area contributed by atoms with Crippen molar-refractivity contribution in [1.82, 2.24) is 10.3 Å². The Bertz CT molecular complexity index is 444. The molecule has 0 bridgehead atoms. The molecule has 0 aromatic carbocycles. The summed E-state index contributed by atoms with van der Waals surface area (Å²) in [7, 11) is 1.48. The number of aliphatic carboxylic acids is 1. The standard InChI is InChI=1S/C11H16N2O4S/c1-6-9(12-7(2)18-6)10(14)13-8(11(15)16)4-5-17-3/h8H,4-5H2,1-3H3,(H,13,14)(H,15,16). The zero-order valence-corrected chi connectivity index (χ0v) is 11.3. The minimum absolute atomic E-state index is 0.222. The van der Waals surface area contributed by atoms with E-state index >= 15 is 0 Å². The molecule has 0 spiro atoms. The predicted octanol–water partition coefficient (Wildman–Crippen LogP) is 0.979. The van der Waals surface area contributed by atoms with E-state index in [1.54, 1.807) is 13.8 Å². The summed E-state index contributed by atoms with van der Waals surface area (Å²) in [5, 5.41) is 12.2. The molecule has 1 aromatic heterocycles. The molecule has 1 amide bonds. The number of thiazole rings is 1. The van der Waals surface area contributed by atoms with Crippen molar-refractivity contribution in [2.24, 2.45) is 0 Å². The topological polar surface area (TPSA) is 88.5 Å². The van der Waals surface area contributed by atoms with E-state index in [-0.39, 0.29) is 13.0 Å². The van der Waals surface area contributed by atoms with Gasteiger partial charge < -0.3 is 15.2 Å². The smallest absolute Gasteiger partial charge is 0.326 e. The predicted molar refractivity (Wildman–Crippen MR) is 67.0 cm³/mol. The summed E-state index contributed by atoms with van der Waals surface area (Å²) in [6.45, 7) is 3.85. The first-order chi connectivity index (χ1) is 8.45. The lowest BCUT2D eigenvalue weighted by Crippen LogP contribution is -2.41. The lowest BCUT2D eigenvalue weighted by Gasteiger charge is -2.13. The van der Waals surface area contributed by atoms with Gasteiger partial charge in [-0.1, -0.05) is 0 Å². The molecule has 1 heterocycles. The van der Waals surface area contributed by atoms with Crippen molar-refractivity contribution in [3.63, 3.8) is 0 Å². The average molecular weight is 272 g/mol. The summed E-state index contributed by atoms with van der Waals surface area (Å²) in [6, 6.07) is -0.959. The lowest BCUT2D eigenvalue weighted by atomic mass is 10.2. The van der Waals surface area contributed by atoms with E-state index in [1.807, 2.05) is 0 Å². The van der Waals surface area contributed by atoms with Crippen molar-refractivity contribution in [2.45, 2.75) is 26.3 Å². The summed E-state index contributed by atoms with van der Waals surface area (Å²) >= 11 is 1.41. The molecule has 0 fully saturated rings. The molecule has 18 heavy (non-hydrogen) atoms. The Hall–Kier alpha value is -1.47. The fraction of sp³-hybridized carbons (Fsp3) is 0.545. The van der Waals surface area contributed by atoms with Gasteiger partial charge in [-0.15, -0.1) is 11.3 Å². The number of aromatic nitrogens is 1. The second kappa shape index (κ2) is 6.46. The molecule has 0 saturated carbocycles. The normalized spacial score (nSPS) is 12.2. The maximum atomic E-state index is 11.9. The second-order valence-electron chi connectivity index (χ2n) is 3.78. The van der Waals surface area contributed by atoms with Gasteiger partial charge in [-0.25, -0.2) is 9.78 Å². The first-order valence-electron chi connectivity index (χ1n) is 5.42. The third-order valence-electron chi connectivity index (χ3n) is 2.33. The SMILES string of the molecule is COCCC(NC(=O)c1nc(C)sc1C)C(=O)O. The molecule has 0 saturated heterocycles. The molecule has 7 heteroatoms. The summed E-state index contributed by atoms with van der Waals surface area (Å²) in [4.78, 5) is 27.7. The van der Waals surface area contributed by atoms with E-state index in [1.165, 1.54) is 18.4 Å². The van der Waals surface area contributed by atoms with E-state index < -0.39 is 17.9 Å². The molecule has 0 aliphatic rings. The Balaban J connectivity index is 2.72. The Kier molecular flexibility index (Phi) is 5.24. The molecular formula is C11H16N2O4S. The Morgan fingerprint density at radius 2 is 2.17 bits per heavy atom. The number of rotatable bonds is 6. The van der Waals surface area contributed by atoms with Crippen molar-refractivity contribution in [3.8, 4) is 0 Å². The number of nitrogens with zero attached hydrogens (tertiary/aromatic N) is 1. The van der Waals surface area contributed by atoms with Crippen LogP contribution < -0.4 is 5.32 Å². The number of carbonyl (C=O) groups is 2. The monoisotopic (exact) mass is 272 g/mol. The van der Waals surface area contributed by atoms with Gasteiger partial charge in [-0.3, -0.25) is 4.79 Å². The van der Waals surface area contributed by atoms with E-state index in [2.05, 4.69) is 10.3 Å². The van der Waals surface area contributed by atoms with Crippen LogP contribution in [0.3, 0.4) is 0 Å². The van der Waals surface area contributed by atoms with Gasteiger partial charge in [0.2, 0.25) is 0 Å². The molecule has 100 valence electrons. The largest absolute Gasteiger partial charge is 0.480 e. The quantitative estimate of drug-likeness (QED) is 0.806. The van der Waals surface area contributed by atoms with Gasteiger partial charge in [0.25, 0.3) is 5.91 Å². The number of hydrogen-bond acceptors (Lipinski definition) is 5. The zero-order valence-electron chi connectivity index (χ0n) is 10.5. The van der Waals surface area contributed by atoms with Crippen LogP contribution in [-0.4, -0.2) is 41.7 Å². The number of hydrogen-bond donors (Lipinski definition) is 2. The van der Waals surface area contributed by atoms with Crippen LogP contribution in [0.4, 0.5) is 0 Å². The molecule has 1 unspecified atom stereocenters. The van der Waals surface area contributed by atoms with Crippen LogP contribution in [0.15, 0.2) is 0 Å². The number of amides is 1. The summed E-state index contributed by atoms with van der Waals surface area (Å²) < 4.78 is 4.81. The molecule has 1 atom stereocenters. The van der Waals surface area contributed by atoms with Crippen LogP contribution in [-0.2, 0) is 9.53 Å². The van der Waals surface area contributed by atoms with Gasteiger partial charge in [-0.05, 0) is 13.8 Å². The highest BCUT2D eigenvalue weighted by atomic mass is 32.1. The average Bonchev–Trinajstić information content (AvgIpc) is 2.63. The van der Waals surface area contributed by atoms with Crippen LogP contribution in [0, 0.1) is 13.8 Å². The van der Waals surface area contributed by atoms with Gasteiger partial charge in [0.1, 0.15) is 11.7 Å². The molecule has 1 aromatic rings. The number of carboxylic acids is 1. The van der Waals surface area contributed by atoms with Crippen molar-refractivity contribution < 1.29 is 19.4 Å². The van der Waals surface area contributed by atoms with Crippen molar-refractivity contribution >= 4 is 23.2 Å². The summed E-state index contributed by atoms with van der Waals surface area (Å²) in [6.07, 6.45) is 0.222. The molecule has 0 radical (unpaired) electrons. The van der Waals surface area contributed by atoms with Crippen LogP contribution in [0.2, 0.25) is 0 Å². The van der Waals surface area contributed by atoms with Crippen molar-refractivity contribution in [1.29, 1.82) is 0 Å². The van der Waals surface area contributed by atoms with E-state index in [0.717, 1.165) is 9.88 Å². The Morgan fingerprint density at radius 1 is 1.50 bits per heavy atom. The van der Waals surface area contributed by atoms with Crippen LogP contribution in [0.25, 0.3) is 0 Å². The lowest BCUT2D eigenvalue weighted by molar-refractivity contribution is -0.139. The highest BCUT2D eigenvalue weighted by Crippen LogP contribution is 2.16. The van der Waals surface area contributed by atoms with Gasteiger partial charge in [0.05, 0.1) is 5.01 Å². The first kappa shape index (κ1) is 14.6. The zero-order chi connectivity index (χ0) is 13.7. The molecule has 0 aliphatic carbocycles. The highest BCUT2D eigenvalue weighted by molar-refractivity contribution is 7.11. The second-order valence-corrected chi connectivity index (χ2v) is 5.19. The van der Waals surface area contributed by atoms with E-state index in [0.29, 0.717) is 5.69 Å². The Morgan fingerprint density at radius 3 is 2.61 bits per heavy atom. The maximum Gasteiger partial charge on any atom is 0.326 e. The number of carboxylic acid groups (broad SMARTS) is 1. The van der Waals surface area contributed by atoms with E-state index in [4.69, 9.17) is 9.84 Å². The first-order valence-corrected chi connectivity index (χ1v) is 6.24. The number of methoxy groups -OCH3 is 1. The third kappa shape index (κ3) is 3.78. The van der Waals surface area contributed by atoms with Crippen LogP contribution >= 0.6 is 11.3 Å². The minimum atomic E-state index is -1.08.